The summed E-state index contributed by atoms with van der Waals surface area (Å²) in [5.74, 6) is -1.15. The lowest BCUT2D eigenvalue weighted by molar-refractivity contribution is -0.132. The second-order valence-corrected chi connectivity index (χ2v) is 13.1. The Hall–Kier alpha value is -3.78. The summed E-state index contributed by atoms with van der Waals surface area (Å²) in [6.07, 6.45) is 6.79. The number of anilines is 1. The number of sulfonamides is 1. The van der Waals surface area contributed by atoms with Gasteiger partial charge in [0.05, 0.1) is 11.9 Å². The summed E-state index contributed by atoms with van der Waals surface area (Å²) >= 11 is 1.22. The third-order valence-electron chi connectivity index (χ3n) is 7.22. The van der Waals surface area contributed by atoms with Crippen molar-refractivity contribution < 1.29 is 22.7 Å². The molecule has 0 unspecified atom stereocenters. The number of benzene rings is 1. The number of aromatic nitrogens is 4. The van der Waals surface area contributed by atoms with Crippen molar-refractivity contribution in [3.05, 3.63) is 63.3 Å². The first-order valence-electron chi connectivity index (χ1n) is 13.0. The minimum Gasteiger partial charge on any atom is -0.501 e. The van der Waals surface area contributed by atoms with Crippen LogP contribution in [0.2, 0.25) is 0 Å². The Labute approximate surface area is 233 Å². The van der Waals surface area contributed by atoms with Crippen LogP contribution >= 0.6 is 11.3 Å². The average molecular weight is 587 g/mol. The maximum atomic E-state index is 13.5. The third kappa shape index (κ3) is 4.85. The molecule has 5 heterocycles. The Morgan fingerprint density at radius 2 is 1.82 bits per heavy atom. The zero-order valence-corrected chi connectivity index (χ0v) is 23.1. The van der Waals surface area contributed by atoms with E-state index in [4.69, 9.17) is 0 Å². The van der Waals surface area contributed by atoms with Gasteiger partial charge in [-0.1, -0.05) is 12.1 Å². The molecule has 1 amide bonds. The summed E-state index contributed by atoms with van der Waals surface area (Å²) < 4.78 is 42.4. The van der Waals surface area contributed by atoms with E-state index in [-0.39, 0.29) is 47.9 Å². The molecule has 6 rings (SSSR count). The summed E-state index contributed by atoms with van der Waals surface area (Å²) in [7, 11) is -3.67. The number of carbonyl (C=O) groups is 1. The Morgan fingerprint density at radius 1 is 1.07 bits per heavy atom. The smallest absolute Gasteiger partial charge is 0.303 e. The average Bonchev–Trinajstić information content (AvgIpc) is 3.64. The molecule has 210 valence electrons. The van der Waals surface area contributed by atoms with E-state index in [9.17, 15) is 27.5 Å². The van der Waals surface area contributed by atoms with Gasteiger partial charge in [0.25, 0.3) is 0 Å². The fourth-order valence-electron chi connectivity index (χ4n) is 5.18. The highest BCUT2D eigenvalue weighted by molar-refractivity contribution is 7.93. The molecule has 0 aliphatic carbocycles. The van der Waals surface area contributed by atoms with Gasteiger partial charge in [0, 0.05) is 37.1 Å². The number of likely N-dealkylation sites (tertiary alicyclic amines) is 1. The predicted octanol–water partition coefficient (Wildman–Crippen LogP) is 2.61. The van der Waals surface area contributed by atoms with Gasteiger partial charge in [0.1, 0.15) is 23.2 Å². The highest BCUT2D eigenvalue weighted by atomic mass is 32.2. The van der Waals surface area contributed by atoms with Gasteiger partial charge in [-0.15, -0.1) is 11.3 Å². The third-order valence-corrected chi connectivity index (χ3v) is 10.1. The molecule has 2 aliphatic heterocycles. The van der Waals surface area contributed by atoms with E-state index in [1.807, 2.05) is 0 Å². The lowest BCUT2D eigenvalue weighted by atomic mass is 10.1. The zero-order valence-electron chi connectivity index (χ0n) is 21.5. The molecular weight excluding hydrogens is 559 g/mol. The maximum Gasteiger partial charge on any atom is 0.303 e. The van der Waals surface area contributed by atoms with Crippen LogP contribution in [-0.4, -0.2) is 68.7 Å². The van der Waals surface area contributed by atoms with Crippen LogP contribution in [-0.2, 0) is 27.8 Å². The number of hydrogen-bond donors (Lipinski definition) is 1. The topological polar surface area (TPSA) is 130 Å². The van der Waals surface area contributed by atoms with Crippen LogP contribution in [0, 0.1) is 5.82 Å². The van der Waals surface area contributed by atoms with Crippen molar-refractivity contribution in [1.82, 2.24) is 23.8 Å². The highest BCUT2D eigenvalue weighted by Gasteiger charge is 2.33. The molecule has 11 nitrogen and oxygen atoms in total. The number of aromatic hydroxyl groups is 1. The van der Waals surface area contributed by atoms with Crippen LogP contribution in [0.3, 0.4) is 0 Å². The number of hydrogen-bond acceptors (Lipinski definition) is 8. The molecule has 40 heavy (non-hydrogen) atoms. The van der Waals surface area contributed by atoms with Gasteiger partial charge < -0.3 is 14.6 Å². The summed E-state index contributed by atoms with van der Waals surface area (Å²) in [4.78, 5) is 38.2. The normalized spacial score (nSPS) is 17.1. The van der Waals surface area contributed by atoms with Crippen molar-refractivity contribution in [2.24, 2.45) is 0 Å². The highest BCUT2D eigenvalue weighted by Crippen LogP contribution is 2.32. The number of thiazole rings is 1. The molecular formula is C26H27FN6O5S2. The molecule has 0 atom stereocenters. The number of imidazole rings is 1. The van der Waals surface area contributed by atoms with E-state index in [1.54, 1.807) is 23.2 Å². The number of rotatable bonds is 6. The van der Waals surface area contributed by atoms with E-state index in [2.05, 4.69) is 9.97 Å². The van der Waals surface area contributed by atoms with E-state index >= 15 is 0 Å². The molecule has 0 radical (unpaired) electrons. The Morgan fingerprint density at radius 3 is 2.52 bits per heavy atom. The molecule has 2 saturated heterocycles. The predicted molar refractivity (Wildman–Crippen MR) is 148 cm³/mol. The summed E-state index contributed by atoms with van der Waals surface area (Å²) in [6, 6.07) is 6.08. The van der Waals surface area contributed by atoms with Crippen LogP contribution < -0.4 is 9.86 Å². The van der Waals surface area contributed by atoms with E-state index < -0.39 is 21.3 Å². The van der Waals surface area contributed by atoms with Gasteiger partial charge in [0.2, 0.25) is 27.5 Å². The second kappa shape index (κ2) is 10.3. The number of nitrogens with zero attached hydrogens (tertiary/aromatic N) is 6. The van der Waals surface area contributed by atoms with Crippen molar-refractivity contribution in [3.63, 3.8) is 0 Å². The largest absolute Gasteiger partial charge is 0.501 e. The fourth-order valence-corrected chi connectivity index (χ4v) is 7.66. The molecule has 1 N–H and O–H groups in total. The first-order chi connectivity index (χ1) is 19.2. The first kappa shape index (κ1) is 26.4. The number of amides is 1. The van der Waals surface area contributed by atoms with Crippen molar-refractivity contribution in [2.75, 3.05) is 29.7 Å². The monoisotopic (exact) mass is 586 g/mol. The Kier molecular flexibility index (Phi) is 6.82. The van der Waals surface area contributed by atoms with Gasteiger partial charge in [0.15, 0.2) is 5.69 Å². The molecule has 3 aromatic heterocycles. The van der Waals surface area contributed by atoms with Crippen molar-refractivity contribution in [2.45, 2.75) is 38.6 Å². The van der Waals surface area contributed by atoms with Crippen LogP contribution in [0.15, 0.2) is 41.5 Å². The van der Waals surface area contributed by atoms with E-state index in [1.165, 1.54) is 34.2 Å². The first-order valence-corrected chi connectivity index (χ1v) is 15.5. The Bertz CT molecular complexity index is 1760. The maximum absolute atomic E-state index is 13.5. The van der Waals surface area contributed by atoms with Gasteiger partial charge in [-0.25, -0.2) is 27.2 Å². The number of carbonyl (C=O) groups excluding carboxylic acids is 1. The van der Waals surface area contributed by atoms with Crippen molar-refractivity contribution >= 4 is 38.9 Å². The number of fused-ring (bicyclic) bond motifs is 1. The van der Waals surface area contributed by atoms with Crippen LogP contribution in [0.25, 0.3) is 16.5 Å². The van der Waals surface area contributed by atoms with Gasteiger partial charge in [-0.3, -0.25) is 13.9 Å². The molecule has 1 aromatic carbocycles. The van der Waals surface area contributed by atoms with Gasteiger partial charge >= 0.3 is 5.56 Å². The molecule has 0 spiro atoms. The van der Waals surface area contributed by atoms with Crippen molar-refractivity contribution in [3.8, 4) is 16.5 Å². The number of halogens is 1. The zero-order chi connectivity index (χ0) is 28.0. The van der Waals surface area contributed by atoms with Crippen LogP contribution in [0.5, 0.6) is 5.75 Å². The Balaban J connectivity index is 1.43. The standard InChI is InChI=1S/C26H27FN6O5S2/c27-18-7-5-17(6-8-18)13-19-14-28-24(39-19)22-23(35)25(36)33-20(32-11-4-12-40(32,37)38)15-31(26(33)29-22)16-21(34)30-9-2-1-3-10-30/h5-8,14-15,35H,1-4,9-13,16H2. The minimum absolute atomic E-state index is 0.0365. The molecule has 2 fully saturated rings. The second-order valence-electron chi connectivity index (χ2n) is 9.98. The summed E-state index contributed by atoms with van der Waals surface area (Å²) in [5, 5.41) is 11.2. The lowest BCUT2D eigenvalue weighted by Crippen LogP contribution is -2.37. The lowest BCUT2D eigenvalue weighted by Gasteiger charge is -2.26. The summed E-state index contributed by atoms with van der Waals surface area (Å²) in [5.41, 5.74) is -0.0385. The minimum atomic E-state index is -3.67. The van der Waals surface area contributed by atoms with Gasteiger partial charge in [-0.2, -0.15) is 0 Å². The quantitative estimate of drug-likeness (QED) is 0.368. The SMILES string of the molecule is O=C(Cn1cc(N2CCCS2(=O)=O)n2c(=O)c(O)c(-c3ncc(Cc4ccc(F)cc4)s3)nc12)N1CCCCC1. The molecule has 0 saturated carbocycles. The molecule has 0 bridgehead atoms. The molecule has 4 aromatic rings. The fraction of sp³-hybridized carbons (Fsp3) is 0.385. The van der Waals surface area contributed by atoms with Gasteiger partial charge in [-0.05, 0) is 43.4 Å². The van der Waals surface area contributed by atoms with E-state index in [0.717, 1.165) is 38.4 Å². The number of piperidine rings is 1. The van der Waals surface area contributed by atoms with Crippen LogP contribution in [0.1, 0.15) is 36.1 Å². The van der Waals surface area contributed by atoms with Crippen molar-refractivity contribution in [1.29, 1.82) is 0 Å². The van der Waals surface area contributed by atoms with E-state index in [0.29, 0.717) is 30.9 Å². The molecule has 14 heteroatoms. The molecule has 2 aliphatic rings. The summed E-state index contributed by atoms with van der Waals surface area (Å²) in [6.45, 7) is 1.32. The van der Waals surface area contributed by atoms with Crippen LogP contribution in [0.4, 0.5) is 10.2 Å².